The molecule has 7 nitrogen and oxygen atoms in total. The minimum atomic E-state index is -3.25. The molecular formula is C12H21N5O2S. The number of nitrogen functional groups attached to an aromatic ring is 1. The number of piperidine rings is 1. The zero-order valence-corrected chi connectivity index (χ0v) is 12.3. The molecule has 8 heteroatoms. The van der Waals surface area contributed by atoms with Gasteiger partial charge in [0.1, 0.15) is 5.82 Å². The number of aromatic nitrogens is 2. The Morgan fingerprint density at radius 2 is 1.70 bits per heavy atom. The molecule has 0 atom stereocenters. The van der Waals surface area contributed by atoms with Gasteiger partial charge in [0.2, 0.25) is 0 Å². The summed E-state index contributed by atoms with van der Waals surface area (Å²) in [5, 5.41) is 4.22. The first-order valence-corrected chi connectivity index (χ1v) is 8.53. The van der Waals surface area contributed by atoms with E-state index >= 15 is 0 Å². The molecule has 2 aliphatic rings. The Hall–Kier alpha value is -1.12. The number of hydrogen-bond donors (Lipinski definition) is 1. The van der Waals surface area contributed by atoms with Crippen LogP contribution in [0.15, 0.2) is 12.3 Å². The fourth-order valence-electron chi connectivity index (χ4n) is 2.98. The van der Waals surface area contributed by atoms with Crippen molar-refractivity contribution in [2.24, 2.45) is 0 Å². The molecule has 20 heavy (non-hydrogen) atoms. The first kappa shape index (κ1) is 13.8. The lowest BCUT2D eigenvalue weighted by atomic mass is 10.1. The average Bonchev–Trinajstić information content (AvgIpc) is 3.10. The van der Waals surface area contributed by atoms with Crippen molar-refractivity contribution in [1.82, 2.24) is 18.4 Å². The van der Waals surface area contributed by atoms with Crippen LogP contribution in [0.1, 0.15) is 31.7 Å². The molecule has 3 heterocycles. The molecule has 3 rings (SSSR count). The van der Waals surface area contributed by atoms with Crippen LogP contribution < -0.4 is 5.73 Å². The van der Waals surface area contributed by atoms with Crippen molar-refractivity contribution in [1.29, 1.82) is 0 Å². The van der Waals surface area contributed by atoms with E-state index in [0.29, 0.717) is 32.0 Å². The molecule has 0 radical (unpaired) electrons. The van der Waals surface area contributed by atoms with Crippen LogP contribution in [0.5, 0.6) is 0 Å². The summed E-state index contributed by atoms with van der Waals surface area (Å²) in [6.07, 6.45) is 5.39. The van der Waals surface area contributed by atoms with Gasteiger partial charge in [-0.15, -0.1) is 0 Å². The Morgan fingerprint density at radius 3 is 2.25 bits per heavy atom. The maximum atomic E-state index is 12.4. The Kier molecular flexibility index (Phi) is 3.70. The van der Waals surface area contributed by atoms with Crippen LogP contribution >= 0.6 is 0 Å². The summed E-state index contributed by atoms with van der Waals surface area (Å²) in [7, 11) is -3.25. The summed E-state index contributed by atoms with van der Waals surface area (Å²) < 4.78 is 30.0. The lowest BCUT2D eigenvalue weighted by Gasteiger charge is -2.33. The molecule has 2 N–H and O–H groups in total. The molecule has 112 valence electrons. The highest BCUT2D eigenvalue weighted by molar-refractivity contribution is 7.86. The molecule has 2 saturated heterocycles. The van der Waals surface area contributed by atoms with Gasteiger partial charge in [0.25, 0.3) is 10.2 Å². The van der Waals surface area contributed by atoms with E-state index in [1.807, 2.05) is 10.9 Å². The van der Waals surface area contributed by atoms with Crippen molar-refractivity contribution in [3.63, 3.8) is 0 Å². The van der Waals surface area contributed by atoms with Gasteiger partial charge in [-0.2, -0.15) is 22.1 Å². The molecule has 0 amide bonds. The van der Waals surface area contributed by atoms with E-state index in [9.17, 15) is 8.42 Å². The summed E-state index contributed by atoms with van der Waals surface area (Å²) in [6, 6.07) is 2.02. The SMILES string of the molecule is Nc1ccn(C2CCN(S(=O)(=O)N3CCCC3)CC2)n1. The molecule has 1 aromatic rings. The quantitative estimate of drug-likeness (QED) is 0.878. The summed E-state index contributed by atoms with van der Waals surface area (Å²) in [6.45, 7) is 2.45. The minimum absolute atomic E-state index is 0.248. The normalized spacial score (nSPS) is 23.4. The van der Waals surface area contributed by atoms with Crippen molar-refractivity contribution < 1.29 is 8.42 Å². The summed E-state index contributed by atoms with van der Waals surface area (Å²) in [4.78, 5) is 0. The average molecular weight is 299 g/mol. The molecule has 0 spiro atoms. The van der Waals surface area contributed by atoms with Gasteiger partial charge >= 0.3 is 0 Å². The molecular weight excluding hydrogens is 278 g/mol. The Bertz CT molecular complexity index is 556. The number of nitrogens with two attached hydrogens (primary N) is 1. The van der Waals surface area contributed by atoms with E-state index in [2.05, 4.69) is 5.10 Å². The van der Waals surface area contributed by atoms with Gasteiger partial charge in [0.05, 0.1) is 6.04 Å². The minimum Gasteiger partial charge on any atom is -0.382 e. The predicted octanol–water partition coefficient (Wildman–Crippen LogP) is 0.443. The molecule has 0 unspecified atom stereocenters. The first-order valence-electron chi connectivity index (χ1n) is 7.13. The zero-order valence-electron chi connectivity index (χ0n) is 11.5. The summed E-state index contributed by atoms with van der Waals surface area (Å²) in [5.41, 5.74) is 5.62. The standard InChI is InChI=1S/C12H21N5O2S/c13-12-5-10-17(14-12)11-3-8-16(9-4-11)20(18,19)15-6-1-2-7-15/h5,10-11H,1-4,6-9H2,(H2,13,14). The topological polar surface area (TPSA) is 84.5 Å². The Morgan fingerprint density at radius 1 is 1.10 bits per heavy atom. The van der Waals surface area contributed by atoms with Crippen molar-refractivity contribution in [3.8, 4) is 0 Å². The van der Waals surface area contributed by atoms with Gasteiger partial charge < -0.3 is 5.73 Å². The molecule has 2 fully saturated rings. The van der Waals surface area contributed by atoms with Crippen molar-refractivity contribution in [2.75, 3.05) is 31.9 Å². The van der Waals surface area contributed by atoms with Gasteiger partial charge in [-0.3, -0.25) is 4.68 Å². The molecule has 1 aromatic heterocycles. The maximum Gasteiger partial charge on any atom is 0.281 e. The smallest absolute Gasteiger partial charge is 0.281 e. The summed E-state index contributed by atoms with van der Waals surface area (Å²) in [5.74, 6) is 0.511. The van der Waals surface area contributed by atoms with Crippen molar-refractivity contribution in [2.45, 2.75) is 31.7 Å². The predicted molar refractivity (Wildman–Crippen MR) is 76.2 cm³/mol. The van der Waals surface area contributed by atoms with E-state index < -0.39 is 10.2 Å². The van der Waals surface area contributed by atoms with Crippen LogP contribution in [-0.2, 0) is 10.2 Å². The van der Waals surface area contributed by atoms with Crippen LogP contribution in [0.25, 0.3) is 0 Å². The van der Waals surface area contributed by atoms with E-state index in [4.69, 9.17) is 5.73 Å². The van der Waals surface area contributed by atoms with Crippen molar-refractivity contribution in [3.05, 3.63) is 12.3 Å². The van der Waals surface area contributed by atoms with Gasteiger partial charge in [-0.25, -0.2) is 0 Å². The Labute approximate surface area is 119 Å². The second-order valence-electron chi connectivity index (χ2n) is 5.46. The highest BCUT2D eigenvalue weighted by Gasteiger charge is 2.34. The third kappa shape index (κ3) is 2.55. The maximum absolute atomic E-state index is 12.4. The lowest BCUT2D eigenvalue weighted by Crippen LogP contribution is -2.46. The highest BCUT2D eigenvalue weighted by Crippen LogP contribution is 2.26. The monoisotopic (exact) mass is 299 g/mol. The molecule has 2 aliphatic heterocycles. The van der Waals surface area contributed by atoms with Crippen LogP contribution in [0.4, 0.5) is 5.82 Å². The Balaban J connectivity index is 1.63. The molecule has 0 bridgehead atoms. The van der Waals surface area contributed by atoms with E-state index in [1.54, 1.807) is 14.7 Å². The molecule has 0 aliphatic carbocycles. The highest BCUT2D eigenvalue weighted by atomic mass is 32.2. The van der Waals surface area contributed by atoms with E-state index in [1.165, 1.54) is 0 Å². The number of anilines is 1. The number of rotatable bonds is 3. The van der Waals surface area contributed by atoms with Crippen LogP contribution in [-0.4, -0.2) is 53.0 Å². The van der Waals surface area contributed by atoms with Gasteiger partial charge in [-0.1, -0.05) is 0 Å². The fraction of sp³-hybridized carbons (Fsp3) is 0.750. The fourth-order valence-corrected chi connectivity index (χ4v) is 4.69. The largest absolute Gasteiger partial charge is 0.382 e. The van der Waals surface area contributed by atoms with Gasteiger partial charge in [-0.05, 0) is 31.7 Å². The van der Waals surface area contributed by atoms with Crippen LogP contribution in [0.2, 0.25) is 0 Å². The number of nitrogens with zero attached hydrogens (tertiary/aromatic N) is 4. The second-order valence-corrected chi connectivity index (χ2v) is 7.39. The third-order valence-corrected chi connectivity index (χ3v) is 6.18. The van der Waals surface area contributed by atoms with Crippen molar-refractivity contribution >= 4 is 16.0 Å². The third-order valence-electron chi connectivity index (χ3n) is 4.14. The molecule has 0 saturated carbocycles. The van der Waals surface area contributed by atoms with Crippen LogP contribution in [0, 0.1) is 0 Å². The molecule has 0 aromatic carbocycles. The van der Waals surface area contributed by atoms with E-state index in [-0.39, 0.29) is 6.04 Å². The second kappa shape index (κ2) is 5.34. The van der Waals surface area contributed by atoms with E-state index in [0.717, 1.165) is 25.7 Å². The zero-order chi connectivity index (χ0) is 14.2. The first-order chi connectivity index (χ1) is 9.57. The summed E-state index contributed by atoms with van der Waals surface area (Å²) >= 11 is 0. The lowest BCUT2D eigenvalue weighted by molar-refractivity contribution is 0.249. The number of hydrogen-bond acceptors (Lipinski definition) is 4. The van der Waals surface area contributed by atoms with Crippen LogP contribution in [0.3, 0.4) is 0 Å². The van der Waals surface area contributed by atoms with Gasteiger partial charge in [0.15, 0.2) is 0 Å². The van der Waals surface area contributed by atoms with Gasteiger partial charge in [0, 0.05) is 32.4 Å².